The summed E-state index contributed by atoms with van der Waals surface area (Å²) in [6.45, 7) is 8.44. The van der Waals surface area contributed by atoms with E-state index in [-0.39, 0.29) is 0 Å². The van der Waals surface area contributed by atoms with Crippen molar-refractivity contribution in [3.05, 3.63) is 24.0 Å². The number of hydrogen-bond donors (Lipinski definition) is 1. The van der Waals surface area contributed by atoms with Crippen LogP contribution in [0.15, 0.2) is 18.2 Å². The normalized spacial score (nSPS) is 10.9. The molecule has 5 nitrogen and oxygen atoms in total. The molecular formula is C14H23N3O2. The van der Waals surface area contributed by atoms with Crippen molar-refractivity contribution in [2.45, 2.75) is 33.8 Å². The van der Waals surface area contributed by atoms with Gasteiger partial charge in [0.1, 0.15) is 19.0 Å². The van der Waals surface area contributed by atoms with E-state index in [2.05, 4.69) is 22.2 Å². The molecule has 0 saturated heterocycles. The van der Waals surface area contributed by atoms with Crippen LogP contribution in [-0.4, -0.2) is 29.7 Å². The van der Waals surface area contributed by atoms with Gasteiger partial charge in [-0.25, -0.2) is 4.98 Å². The highest BCUT2D eigenvalue weighted by molar-refractivity contribution is 5.38. The summed E-state index contributed by atoms with van der Waals surface area (Å²) in [4.78, 5) is 8.71. The van der Waals surface area contributed by atoms with Gasteiger partial charge >= 0.3 is 0 Å². The Balaban J connectivity index is 2.75. The van der Waals surface area contributed by atoms with Crippen molar-refractivity contribution < 1.29 is 9.47 Å². The molecule has 0 saturated carbocycles. The molecule has 0 fully saturated rings. The largest absolute Gasteiger partial charge is 0.473 e. The molecule has 1 rings (SSSR count). The van der Waals surface area contributed by atoms with Gasteiger partial charge < -0.3 is 14.8 Å². The van der Waals surface area contributed by atoms with Crippen LogP contribution in [0.4, 0.5) is 5.82 Å². The zero-order chi connectivity index (χ0) is 13.9. The summed E-state index contributed by atoms with van der Waals surface area (Å²) in [6, 6.07) is 1.81. The molecule has 0 aromatic carbocycles. The van der Waals surface area contributed by atoms with Gasteiger partial charge in [-0.1, -0.05) is 19.1 Å². The summed E-state index contributed by atoms with van der Waals surface area (Å²) in [5.41, 5.74) is 0. The van der Waals surface area contributed by atoms with Crippen LogP contribution in [0.25, 0.3) is 0 Å². The van der Waals surface area contributed by atoms with Gasteiger partial charge in [0, 0.05) is 19.2 Å². The fourth-order valence-corrected chi connectivity index (χ4v) is 1.38. The van der Waals surface area contributed by atoms with E-state index < -0.39 is 0 Å². The topological polar surface area (TPSA) is 56.3 Å². The highest BCUT2D eigenvalue weighted by atomic mass is 16.5. The first-order valence-corrected chi connectivity index (χ1v) is 6.73. The number of anilines is 1. The van der Waals surface area contributed by atoms with Gasteiger partial charge in [-0.05, 0) is 20.3 Å². The Morgan fingerprint density at radius 1 is 1.32 bits per heavy atom. The van der Waals surface area contributed by atoms with Crippen LogP contribution in [0.5, 0.6) is 5.88 Å². The van der Waals surface area contributed by atoms with Crippen molar-refractivity contribution in [3.8, 4) is 5.88 Å². The van der Waals surface area contributed by atoms with Crippen molar-refractivity contribution in [1.29, 1.82) is 0 Å². The molecule has 0 amide bonds. The van der Waals surface area contributed by atoms with Gasteiger partial charge in [-0.3, -0.25) is 0 Å². The smallest absolute Gasteiger partial charge is 0.219 e. The molecule has 1 N–H and O–H groups in total. The van der Waals surface area contributed by atoms with E-state index in [9.17, 15) is 0 Å². The maximum Gasteiger partial charge on any atom is 0.219 e. The lowest BCUT2D eigenvalue weighted by molar-refractivity contribution is 0.127. The molecule has 0 radical (unpaired) electrons. The number of ether oxygens (including phenoxy) is 2. The minimum atomic E-state index is 0.401. The number of nitrogens with one attached hydrogen (secondary N) is 1. The van der Waals surface area contributed by atoms with E-state index in [1.165, 1.54) is 0 Å². The minimum Gasteiger partial charge on any atom is -0.473 e. The Morgan fingerprint density at radius 2 is 2.16 bits per heavy atom. The summed E-state index contributed by atoms with van der Waals surface area (Å²) in [5.74, 6) is 1.99. The van der Waals surface area contributed by atoms with Gasteiger partial charge in [-0.15, -0.1) is 0 Å². The van der Waals surface area contributed by atoms with Crippen LogP contribution in [0.3, 0.4) is 0 Å². The Bertz CT molecular complexity index is 368. The number of nitrogens with zero attached hydrogens (tertiary/aromatic N) is 2. The second-order valence-corrected chi connectivity index (χ2v) is 3.95. The molecule has 0 atom stereocenters. The van der Waals surface area contributed by atoms with E-state index in [0.29, 0.717) is 31.5 Å². The van der Waals surface area contributed by atoms with Gasteiger partial charge in [0.15, 0.2) is 5.82 Å². The van der Waals surface area contributed by atoms with Gasteiger partial charge in [0.25, 0.3) is 0 Å². The van der Waals surface area contributed by atoms with Crippen LogP contribution >= 0.6 is 0 Å². The summed E-state index contributed by atoms with van der Waals surface area (Å²) < 4.78 is 10.9. The van der Waals surface area contributed by atoms with Crippen LogP contribution < -0.4 is 10.1 Å². The third kappa shape index (κ3) is 6.20. The average molecular weight is 265 g/mol. The lowest BCUT2D eigenvalue weighted by atomic mass is 10.4. The van der Waals surface area contributed by atoms with Crippen LogP contribution in [0.1, 0.15) is 33.0 Å². The van der Waals surface area contributed by atoms with Crippen molar-refractivity contribution in [2.24, 2.45) is 0 Å². The molecule has 0 aliphatic heterocycles. The molecule has 0 bridgehead atoms. The quantitative estimate of drug-likeness (QED) is 0.696. The molecule has 0 aliphatic rings. The summed E-state index contributed by atoms with van der Waals surface area (Å²) >= 11 is 0. The SMILES string of the molecule is C/C=C/COc1cc(NCCC)nc(COCC)n1. The predicted octanol–water partition coefficient (Wildman–Crippen LogP) is 2.79. The maximum absolute atomic E-state index is 5.55. The summed E-state index contributed by atoms with van der Waals surface area (Å²) in [6.07, 6.45) is 4.92. The number of aromatic nitrogens is 2. The fourth-order valence-electron chi connectivity index (χ4n) is 1.38. The molecule has 1 aromatic rings. The Morgan fingerprint density at radius 3 is 2.84 bits per heavy atom. The van der Waals surface area contributed by atoms with E-state index in [0.717, 1.165) is 18.8 Å². The Kier molecular flexibility index (Phi) is 7.58. The van der Waals surface area contributed by atoms with Crippen LogP contribution in [-0.2, 0) is 11.3 Å². The van der Waals surface area contributed by atoms with Gasteiger partial charge in [0.2, 0.25) is 5.88 Å². The Hall–Kier alpha value is -1.62. The standard InChI is InChI=1S/C14H23N3O2/c1-4-7-9-19-14-10-12(15-8-5-2)16-13(17-14)11-18-6-3/h4,7,10H,5-6,8-9,11H2,1-3H3,(H,15,16,17)/b7-4+. The maximum atomic E-state index is 5.55. The fraction of sp³-hybridized carbons (Fsp3) is 0.571. The lowest BCUT2D eigenvalue weighted by Gasteiger charge is -2.09. The van der Waals surface area contributed by atoms with Crippen molar-refractivity contribution in [2.75, 3.05) is 25.1 Å². The lowest BCUT2D eigenvalue weighted by Crippen LogP contribution is -2.08. The molecule has 5 heteroatoms. The van der Waals surface area contributed by atoms with E-state index in [1.54, 1.807) is 0 Å². The minimum absolute atomic E-state index is 0.401. The van der Waals surface area contributed by atoms with E-state index >= 15 is 0 Å². The highest BCUT2D eigenvalue weighted by Gasteiger charge is 2.05. The van der Waals surface area contributed by atoms with E-state index in [1.807, 2.05) is 32.1 Å². The number of rotatable bonds is 9. The Labute approximate surface area is 115 Å². The molecular weight excluding hydrogens is 242 g/mol. The third-order valence-electron chi connectivity index (χ3n) is 2.30. The molecule has 1 heterocycles. The first-order valence-electron chi connectivity index (χ1n) is 6.73. The average Bonchev–Trinajstić information content (AvgIpc) is 2.43. The molecule has 19 heavy (non-hydrogen) atoms. The van der Waals surface area contributed by atoms with Crippen LogP contribution in [0, 0.1) is 0 Å². The van der Waals surface area contributed by atoms with E-state index in [4.69, 9.17) is 9.47 Å². The predicted molar refractivity (Wildman–Crippen MR) is 76.5 cm³/mol. The summed E-state index contributed by atoms with van der Waals surface area (Å²) in [7, 11) is 0. The zero-order valence-corrected chi connectivity index (χ0v) is 12.0. The van der Waals surface area contributed by atoms with Crippen LogP contribution in [0.2, 0.25) is 0 Å². The first kappa shape index (κ1) is 15.4. The monoisotopic (exact) mass is 265 g/mol. The van der Waals surface area contributed by atoms with Crippen molar-refractivity contribution >= 4 is 5.82 Å². The second kappa shape index (κ2) is 9.33. The molecule has 0 spiro atoms. The number of hydrogen-bond acceptors (Lipinski definition) is 5. The van der Waals surface area contributed by atoms with Gasteiger partial charge in [-0.2, -0.15) is 4.98 Å². The number of allylic oxidation sites excluding steroid dienone is 1. The molecule has 0 unspecified atom stereocenters. The van der Waals surface area contributed by atoms with Crippen molar-refractivity contribution in [3.63, 3.8) is 0 Å². The first-order chi connectivity index (χ1) is 9.30. The molecule has 106 valence electrons. The second-order valence-electron chi connectivity index (χ2n) is 3.95. The molecule has 1 aromatic heterocycles. The third-order valence-corrected chi connectivity index (χ3v) is 2.30. The zero-order valence-electron chi connectivity index (χ0n) is 12.0. The van der Waals surface area contributed by atoms with Crippen molar-refractivity contribution in [1.82, 2.24) is 9.97 Å². The van der Waals surface area contributed by atoms with Gasteiger partial charge in [0.05, 0.1) is 0 Å². The summed E-state index contributed by atoms with van der Waals surface area (Å²) in [5, 5.41) is 3.24. The molecule has 0 aliphatic carbocycles. The highest BCUT2D eigenvalue weighted by Crippen LogP contribution is 2.14.